The Morgan fingerprint density at radius 3 is 2.44 bits per heavy atom. The predicted octanol–water partition coefficient (Wildman–Crippen LogP) is 2.47. The lowest BCUT2D eigenvalue weighted by atomic mass is 10.1. The summed E-state index contributed by atoms with van der Waals surface area (Å²) in [6, 6.07) is 2.51. The maximum Gasteiger partial charge on any atom is 0.416 e. The highest BCUT2D eigenvalue weighted by molar-refractivity contribution is 5.92. The molecule has 0 bridgehead atoms. The van der Waals surface area contributed by atoms with Gasteiger partial charge in [0, 0.05) is 7.11 Å². The molecule has 0 fully saturated rings. The van der Waals surface area contributed by atoms with E-state index in [-0.39, 0.29) is 18.1 Å². The van der Waals surface area contributed by atoms with Crippen LogP contribution in [0.25, 0.3) is 0 Å². The van der Waals surface area contributed by atoms with Gasteiger partial charge in [0.05, 0.1) is 12.7 Å². The lowest BCUT2D eigenvalue weighted by Gasteiger charge is -2.12. The third kappa shape index (κ3) is 3.36. The van der Waals surface area contributed by atoms with Crippen LogP contribution in [0.15, 0.2) is 18.2 Å². The van der Waals surface area contributed by atoms with E-state index >= 15 is 0 Å². The summed E-state index contributed by atoms with van der Waals surface area (Å²) in [7, 11) is 2.44. The van der Waals surface area contributed by atoms with E-state index in [4.69, 9.17) is 4.74 Å². The van der Waals surface area contributed by atoms with E-state index in [1.165, 1.54) is 7.11 Å². The normalized spacial score (nSPS) is 11.2. The molecule has 0 spiro atoms. The fourth-order valence-electron chi connectivity index (χ4n) is 1.22. The van der Waals surface area contributed by atoms with Crippen LogP contribution in [0.5, 0.6) is 5.75 Å². The van der Waals surface area contributed by atoms with Gasteiger partial charge in [-0.3, -0.25) is 0 Å². The number of halogens is 3. The smallest absolute Gasteiger partial charge is 0.416 e. The van der Waals surface area contributed by atoms with Crippen molar-refractivity contribution in [2.75, 3.05) is 21.0 Å². The summed E-state index contributed by atoms with van der Waals surface area (Å²) in [5, 5.41) is 0. The van der Waals surface area contributed by atoms with Crippen molar-refractivity contribution in [1.82, 2.24) is 0 Å². The molecule has 0 N–H and O–H groups in total. The minimum Gasteiger partial charge on any atom is -0.467 e. The second-order valence-electron chi connectivity index (χ2n) is 3.25. The number of ether oxygens (including phenoxy) is 3. The van der Waals surface area contributed by atoms with Gasteiger partial charge in [-0.25, -0.2) is 4.79 Å². The fraction of sp³-hybridized carbons (Fsp3) is 0.364. The zero-order valence-electron chi connectivity index (χ0n) is 9.71. The Morgan fingerprint density at radius 1 is 1.28 bits per heavy atom. The van der Waals surface area contributed by atoms with Crippen molar-refractivity contribution in [3.05, 3.63) is 29.3 Å². The average Bonchev–Trinajstić information content (AvgIpc) is 2.34. The Morgan fingerprint density at radius 2 is 1.94 bits per heavy atom. The molecule has 0 aromatic heterocycles. The number of esters is 1. The third-order valence-electron chi connectivity index (χ3n) is 2.05. The van der Waals surface area contributed by atoms with Crippen LogP contribution in [0.4, 0.5) is 13.2 Å². The molecule has 0 saturated carbocycles. The molecule has 0 atom stereocenters. The Labute approximate surface area is 101 Å². The van der Waals surface area contributed by atoms with Crippen molar-refractivity contribution in [2.24, 2.45) is 0 Å². The molecule has 0 aliphatic heterocycles. The van der Waals surface area contributed by atoms with Crippen LogP contribution in [-0.2, 0) is 15.7 Å². The molecule has 0 aliphatic rings. The number of carbonyl (C=O) groups is 1. The van der Waals surface area contributed by atoms with Gasteiger partial charge in [-0.15, -0.1) is 0 Å². The molecule has 100 valence electrons. The first-order chi connectivity index (χ1) is 8.40. The molecule has 7 heteroatoms. The van der Waals surface area contributed by atoms with Crippen LogP contribution in [0.1, 0.15) is 15.9 Å². The molecule has 0 aliphatic carbocycles. The second kappa shape index (κ2) is 5.72. The van der Waals surface area contributed by atoms with Crippen molar-refractivity contribution in [3.63, 3.8) is 0 Å². The Bertz CT molecular complexity index is 429. The lowest BCUT2D eigenvalue weighted by Crippen LogP contribution is -2.11. The molecule has 0 amide bonds. The van der Waals surface area contributed by atoms with E-state index in [0.29, 0.717) is 0 Å². The largest absolute Gasteiger partial charge is 0.467 e. The fourth-order valence-corrected chi connectivity index (χ4v) is 1.22. The number of alkyl halides is 3. The number of hydrogen-bond donors (Lipinski definition) is 0. The zero-order chi connectivity index (χ0) is 13.8. The van der Waals surface area contributed by atoms with E-state index in [0.717, 1.165) is 25.3 Å². The topological polar surface area (TPSA) is 44.8 Å². The summed E-state index contributed by atoms with van der Waals surface area (Å²) in [4.78, 5) is 11.3. The van der Waals surface area contributed by atoms with Crippen molar-refractivity contribution >= 4 is 5.97 Å². The molecule has 1 rings (SSSR count). The van der Waals surface area contributed by atoms with Crippen LogP contribution >= 0.6 is 0 Å². The van der Waals surface area contributed by atoms with Crippen molar-refractivity contribution < 1.29 is 32.2 Å². The quantitative estimate of drug-likeness (QED) is 0.619. The zero-order valence-corrected chi connectivity index (χ0v) is 9.71. The van der Waals surface area contributed by atoms with Gasteiger partial charge >= 0.3 is 12.1 Å². The molecule has 1 aromatic rings. The number of hydrogen-bond acceptors (Lipinski definition) is 4. The van der Waals surface area contributed by atoms with Crippen LogP contribution in [0.2, 0.25) is 0 Å². The molecule has 0 heterocycles. The summed E-state index contributed by atoms with van der Waals surface area (Å²) in [6.45, 7) is -0.273. The summed E-state index contributed by atoms with van der Waals surface area (Å²) < 4.78 is 51.5. The van der Waals surface area contributed by atoms with E-state index in [1.807, 2.05) is 0 Å². The highest BCUT2D eigenvalue weighted by Gasteiger charge is 2.32. The lowest BCUT2D eigenvalue weighted by molar-refractivity contribution is -0.137. The average molecular weight is 264 g/mol. The highest BCUT2D eigenvalue weighted by atomic mass is 19.4. The third-order valence-corrected chi connectivity index (χ3v) is 2.05. The van der Waals surface area contributed by atoms with Crippen molar-refractivity contribution in [2.45, 2.75) is 6.18 Å². The van der Waals surface area contributed by atoms with Crippen LogP contribution in [-0.4, -0.2) is 27.0 Å². The first-order valence-corrected chi connectivity index (χ1v) is 4.81. The first kappa shape index (κ1) is 14.3. The Balaban J connectivity index is 3.16. The van der Waals surface area contributed by atoms with Gasteiger partial charge in [0.2, 0.25) is 0 Å². The number of rotatable bonds is 4. The van der Waals surface area contributed by atoms with E-state index in [9.17, 15) is 18.0 Å². The molecule has 1 aromatic carbocycles. The molecular formula is C11H11F3O4. The molecule has 18 heavy (non-hydrogen) atoms. The van der Waals surface area contributed by atoms with E-state index in [1.54, 1.807) is 0 Å². The minimum absolute atomic E-state index is 0.0949. The standard InChI is InChI=1S/C11H11F3O4/c1-16-6-18-9-5-7(11(12,13)14)3-4-8(9)10(15)17-2/h3-5H,6H2,1-2H3. The van der Waals surface area contributed by atoms with Crippen molar-refractivity contribution in [3.8, 4) is 5.75 Å². The van der Waals surface area contributed by atoms with Gasteiger partial charge < -0.3 is 14.2 Å². The molecule has 4 nitrogen and oxygen atoms in total. The van der Waals surface area contributed by atoms with E-state index in [2.05, 4.69) is 9.47 Å². The van der Waals surface area contributed by atoms with Gasteiger partial charge in [0.25, 0.3) is 0 Å². The molecule has 0 saturated heterocycles. The van der Waals surface area contributed by atoms with Crippen LogP contribution in [0, 0.1) is 0 Å². The minimum atomic E-state index is -4.51. The SMILES string of the molecule is COCOc1cc(C(F)(F)F)ccc1C(=O)OC. The van der Waals surface area contributed by atoms with E-state index < -0.39 is 17.7 Å². The van der Waals surface area contributed by atoms with Gasteiger partial charge in [-0.2, -0.15) is 13.2 Å². The predicted molar refractivity (Wildman–Crippen MR) is 55.3 cm³/mol. The molecule has 0 unspecified atom stereocenters. The Hall–Kier alpha value is -1.76. The highest BCUT2D eigenvalue weighted by Crippen LogP contribution is 2.33. The number of methoxy groups -OCH3 is 2. The summed E-state index contributed by atoms with van der Waals surface area (Å²) >= 11 is 0. The van der Waals surface area contributed by atoms with Crippen LogP contribution < -0.4 is 4.74 Å². The second-order valence-corrected chi connectivity index (χ2v) is 3.25. The summed E-state index contributed by atoms with van der Waals surface area (Å²) in [6.07, 6.45) is -4.51. The van der Waals surface area contributed by atoms with Crippen LogP contribution in [0.3, 0.4) is 0 Å². The summed E-state index contributed by atoms with van der Waals surface area (Å²) in [5.74, 6) is -1.02. The number of carbonyl (C=O) groups excluding carboxylic acids is 1. The van der Waals surface area contributed by atoms with Gasteiger partial charge in [-0.1, -0.05) is 0 Å². The first-order valence-electron chi connectivity index (χ1n) is 4.81. The maximum absolute atomic E-state index is 12.5. The van der Waals surface area contributed by atoms with Gasteiger partial charge in [-0.05, 0) is 18.2 Å². The number of benzene rings is 1. The molecule has 0 radical (unpaired) electrons. The molecular weight excluding hydrogens is 253 g/mol. The van der Waals surface area contributed by atoms with Gasteiger partial charge in [0.15, 0.2) is 6.79 Å². The Kier molecular flexibility index (Phi) is 4.55. The van der Waals surface area contributed by atoms with Crippen molar-refractivity contribution in [1.29, 1.82) is 0 Å². The summed E-state index contributed by atoms with van der Waals surface area (Å²) in [5.41, 5.74) is -1.01. The maximum atomic E-state index is 12.5. The van der Waals surface area contributed by atoms with Gasteiger partial charge in [0.1, 0.15) is 11.3 Å². The monoisotopic (exact) mass is 264 g/mol.